The van der Waals surface area contributed by atoms with Crippen molar-refractivity contribution in [2.24, 2.45) is 4.99 Å². The maximum absolute atomic E-state index is 12.2. The second-order valence-corrected chi connectivity index (χ2v) is 10.2. The number of carbonyl (C=O) groups is 3. The Morgan fingerprint density at radius 2 is 2.00 bits per heavy atom. The number of nitrogens with zero attached hydrogens (tertiary/aromatic N) is 2. The third-order valence-corrected chi connectivity index (χ3v) is 7.81. The molecule has 2 aliphatic rings. The molecule has 2 aliphatic heterocycles. The number of anilines is 1. The summed E-state index contributed by atoms with van der Waals surface area (Å²) in [6.45, 7) is 1.45. The topological polar surface area (TPSA) is 121 Å². The fraction of sp³-hybridized carbons (Fsp3) is 0.444. The summed E-state index contributed by atoms with van der Waals surface area (Å²) in [6.07, 6.45) is 0.0829. The van der Waals surface area contributed by atoms with Crippen molar-refractivity contribution >= 4 is 50.1 Å². The number of amidine groups is 1. The molecule has 8 nitrogen and oxygen atoms in total. The molecule has 2 heterocycles. The average molecular weight is 425 g/mol. The molecule has 1 N–H and O–H groups in total. The van der Waals surface area contributed by atoms with E-state index in [0.29, 0.717) is 16.4 Å². The fourth-order valence-corrected chi connectivity index (χ4v) is 7.23. The number of carbonyl (C=O) groups excluding carboxylic acids is 2. The minimum atomic E-state index is -3.18. The molecule has 3 rings (SSSR count). The Morgan fingerprint density at radius 1 is 1.25 bits per heavy atom. The zero-order chi connectivity index (χ0) is 20.5. The Kier molecular flexibility index (Phi) is 5.90. The minimum Gasteiger partial charge on any atom is -0.481 e. The van der Waals surface area contributed by atoms with E-state index in [1.165, 1.54) is 18.7 Å². The first-order chi connectivity index (χ1) is 13.2. The molecule has 0 radical (unpaired) electrons. The summed E-state index contributed by atoms with van der Waals surface area (Å²) in [5.41, 5.74) is 1.10. The molecule has 2 saturated heterocycles. The summed E-state index contributed by atoms with van der Waals surface area (Å²) < 4.78 is 24.1. The van der Waals surface area contributed by atoms with Crippen LogP contribution >= 0.6 is 11.8 Å². The van der Waals surface area contributed by atoms with Crippen molar-refractivity contribution in [3.63, 3.8) is 0 Å². The van der Waals surface area contributed by atoms with E-state index in [0.717, 1.165) is 0 Å². The summed E-state index contributed by atoms with van der Waals surface area (Å²) in [5, 5.41) is 8.84. The average Bonchev–Trinajstić information content (AvgIpc) is 3.05. The standard InChI is InChI=1S/C18H20N2O6S2/c1-11(21)12-4-2-5-13(8-12)20-14-9-28(25,26)10-15(14)27-18(20)19-16(22)6-3-7-17(23)24/h2,4-5,8,14-15H,3,6-7,9-10H2,1H3,(H,23,24)/t14-,15-/m0/s1. The van der Waals surface area contributed by atoms with Gasteiger partial charge >= 0.3 is 5.97 Å². The smallest absolute Gasteiger partial charge is 0.303 e. The number of sulfone groups is 1. The van der Waals surface area contributed by atoms with Crippen LogP contribution in [0.15, 0.2) is 29.3 Å². The molecule has 0 spiro atoms. The molecule has 0 saturated carbocycles. The lowest BCUT2D eigenvalue weighted by atomic mass is 10.1. The minimum absolute atomic E-state index is 0.00528. The van der Waals surface area contributed by atoms with Crippen LogP contribution in [0.5, 0.6) is 0 Å². The number of aliphatic imine (C=N–C) groups is 1. The van der Waals surface area contributed by atoms with Gasteiger partial charge in [0.25, 0.3) is 0 Å². The van der Waals surface area contributed by atoms with E-state index in [2.05, 4.69) is 4.99 Å². The van der Waals surface area contributed by atoms with Gasteiger partial charge in [-0.2, -0.15) is 4.99 Å². The first-order valence-corrected chi connectivity index (χ1v) is 11.5. The predicted molar refractivity (Wildman–Crippen MR) is 107 cm³/mol. The second-order valence-electron chi connectivity index (χ2n) is 6.81. The van der Waals surface area contributed by atoms with E-state index >= 15 is 0 Å². The highest BCUT2D eigenvalue weighted by molar-refractivity contribution is 8.16. The van der Waals surface area contributed by atoms with Gasteiger partial charge in [-0.15, -0.1) is 0 Å². The van der Waals surface area contributed by atoms with Crippen LogP contribution in [-0.4, -0.2) is 59.1 Å². The van der Waals surface area contributed by atoms with Crippen LogP contribution in [0.1, 0.15) is 36.5 Å². The molecule has 0 aromatic heterocycles. The Labute approximate surface area is 166 Å². The number of hydrogen-bond acceptors (Lipinski definition) is 6. The first-order valence-electron chi connectivity index (χ1n) is 8.77. The number of hydrogen-bond donors (Lipinski definition) is 1. The second kappa shape index (κ2) is 8.04. The molecule has 2 fully saturated rings. The summed E-state index contributed by atoms with van der Waals surface area (Å²) in [7, 11) is -3.18. The monoisotopic (exact) mass is 424 g/mol. The maximum atomic E-state index is 12.2. The number of benzene rings is 1. The molecule has 28 heavy (non-hydrogen) atoms. The summed E-state index contributed by atoms with van der Waals surface area (Å²) in [6, 6.07) is 6.44. The molecule has 1 aromatic carbocycles. The number of rotatable bonds is 6. The van der Waals surface area contributed by atoms with Gasteiger partial charge in [-0.25, -0.2) is 8.42 Å². The van der Waals surface area contributed by atoms with E-state index < -0.39 is 21.7 Å². The number of fused-ring (bicyclic) bond motifs is 1. The van der Waals surface area contributed by atoms with Crippen molar-refractivity contribution in [3.8, 4) is 0 Å². The summed E-state index contributed by atoms with van der Waals surface area (Å²) >= 11 is 1.24. The van der Waals surface area contributed by atoms with Crippen LogP contribution in [0, 0.1) is 0 Å². The van der Waals surface area contributed by atoms with Crippen molar-refractivity contribution in [2.45, 2.75) is 37.5 Å². The van der Waals surface area contributed by atoms with E-state index in [1.807, 2.05) is 0 Å². The van der Waals surface area contributed by atoms with Gasteiger partial charge in [-0.05, 0) is 25.5 Å². The molecule has 0 unspecified atom stereocenters. The third-order valence-electron chi connectivity index (χ3n) is 4.60. The first kappa shape index (κ1) is 20.5. The fourth-order valence-electron chi connectivity index (χ4n) is 3.29. The molecule has 1 amide bonds. The predicted octanol–water partition coefficient (Wildman–Crippen LogP) is 1.75. The molecular weight excluding hydrogens is 404 g/mol. The number of Topliss-reactive ketones (excluding diaryl/α,β-unsaturated/α-hetero) is 1. The van der Waals surface area contributed by atoms with E-state index in [-0.39, 0.29) is 47.8 Å². The van der Waals surface area contributed by atoms with Crippen LogP contribution in [0.4, 0.5) is 5.69 Å². The van der Waals surface area contributed by atoms with Gasteiger partial charge in [0, 0.05) is 29.3 Å². The van der Waals surface area contributed by atoms with Crippen molar-refractivity contribution in [3.05, 3.63) is 29.8 Å². The highest BCUT2D eigenvalue weighted by atomic mass is 32.2. The molecule has 2 atom stereocenters. The SMILES string of the molecule is CC(=O)c1cccc(N2C(=NC(=O)CCCC(=O)O)S[C@H]3CS(=O)(=O)C[C@@H]32)c1. The van der Waals surface area contributed by atoms with Crippen molar-refractivity contribution in [2.75, 3.05) is 16.4 Å². The molecule has 0 bridgehead atoms. The van der Waals surface area contributed by atoms with Crippen molar-refractivity contribution in [1.82, 2.24) is 0 Å². The Hall–Kier alpha value is -2.20. The van der Waals surface area contributed by atoms with Crippen LogP contribution in [0.3, 0.4) is 0 Å². The van der Waals surface area contributed by atoms with E-state index in [1.54, 1.807) is 29.2 Å². The lowest BCUT2D eigenvalue weighted by Gasteiger charge is -2.24. The number of aliphatic carboxylic acids is 1. The van der Waals surface area contributed by atoms with Gasteiger partial charge in [0.2, 0.25) is 5.91 Å². The number of ketones is 1. The van der Waals surface area contributed by atoms with E-state index in [4.69, 9.17) is 5.11 Å². The van der Waals surface area contributed by atoms with Gasteiger partial charge in [0.05, 0.1) is 17.5 Å². The van der Waals surface area contributed by atoms with Crippen LogP contribution in [0.25, 0.3) is 0 Å². The number of amides is 1. The van der Waals surface area contributed by atoms with Gasteiger partial charge in [0.15, 0.2) is 20.8 Å². The van der Waals surface area contributed by atoms with Crippen LogP contribution in [-0.2, 0) is 19.4 Å². The number of carboxylic acid groups (broad SMARTS) is 1. The third kappa shape index (κ3) is 4.61. The Balaban J connectivity index is 1.90. The van der Waals surface area contributed by atoms with E-state index in [9.17, 15) is 22.8 Å². The Bertz CT molecular complexity index is 957. The highest BCUT2D eigenvalue weighted by Crippen LogP contribution is 2.41. The lowest BCUT2D eigenvalue weighted by Crippen LogP contribution is -2.37. The van der Waals surface area contributed by atoms with Crippen LogP contribution < -0.4 is 4.90 Å². The quantitative estimate of drug-likeness (QED) is 0.686. The highest BCUT2D eigenvalue weighted by Gasteiger charge is 2.49. The Morgan fingerprint density at radius 3 is 2.68 bits per heavy atom. The van der Waals surface area contributed by atoms with Gasteiger partial charge in [0.1, 0.15) is 0 Å². The van der Waals surface area contributed by atoms with Crippen LogP contribution in [0.2, 0.25) is 0 Å². The van der Waals surface area contributed by atoms with Crippen molar-refractivity contribution < 1.29 is 27.9 Å². The lowest BCUT2D eigenvalue weighted by molar-refractivity contribution is -0.137. The normalized spacial score (nSPS) is 24.3. The molecule has 1 aromatic rings. The maximum Gasteiger partial charge on any atom is 0.303 e. The van der Waals surface area contributed by atoms with Gasteiger partial charge in [-0.3, -0.25) is 14.4 Å². The molecule has 10 heteroatoms. The van der Waals surface area contributed by atoms with Gasteiger partial charge in [-0.1, -0.05) is 23.9 Å². The molecule has 150 valence electrons. The number of thioether (sulfide) groups is 1. The zero-order valence-corrected chi connectivity index (χ0v) is 16.8. The summed E-state index contributed by atoms with van der Waals surface area (Å²) in [4.78, 5) is 40.4. The molecule has 0 aliphatic carbocycles. The van der Waals surface area contributed by atoms with Crippen molar-refractivity contribution in [1.29, 1.82) is 0 Å². The summed E-state index contributed by atoms with van der Waals surface area (Å²) in [5.74, 6) is -1.57. The largest absolute Gasteiger partial charge is 0.481 e. The number of carboxylic acids is 1. The molecular formula is C18H20N2O6S2. The zero-order valence-electron chi connectivity index (χ0n) is 15.2. The van der Waals surface area contributed by atoms with Gasteiger partial charge < -0.3 is 10.0 Å².